The summed E-state index contributed by atoms with van der Waals surface area (Å²) >= 11 is 0.789. The molecule has 3 aliphatic rings. The monoisotopic (exact) mass is 429 g/mol. The minimum atomic E-state index is -4.95. The zero-order chi connectivity index (χ0) is 20.8. The molecule has 1 aromatic heterocycles. The second-order valence-electron chi connectivity index (χ2n) is 7.01. The van der Waals surface area contributed by atoms with Crippen molar-refractivity contribution in [2.45, 2.75) is 37.3 Å². The molecule has 4 atom stereocenters. The van der Waals surface area contributed by atoms with Crippen LogP contribution in [-0.4, -0.2) is 67.7 Å². The number of aromatic nitrogens is 1. The number of aliphatic hydroxyl groups is 1. The molecule has 150 valence electrons. The zero-order valence-electron chi connectivity index (χ0n) is 14.5. The molecule has 2 unspecified atom stereocenters. The van der Waals surface area contributed by atoms with Gasteiger partial charge in [0.05, 0.1) is 30.3 Å². The van der Waals surface area contributed by atoms with Crippen LogP contribution in [0, 0.1) is 5.92 Å². The van der Waals surface area contributed by atoms with E-state index in [-0.39, 0.29) is 22.0 Å². The van der Waals surface area contributed by atoms with Crippen LogP contribution >= 0.6 is 11.3 Å². The normalized spacial score (nSPS) is 30.1. The Morgan fingerprint density at radius 2 is 2.07 bits per heavy atom. The third-order valence-corrected chi connectivity index (χ3v) is 8.10. The summed E-state index contributed by atoms with van der Waals surface area (Å²) in [5.41, 5.74) is -0.663. The van der Waals surface area contributed by atoms with Crippen molar-refractivity contribution in [1.82, 2.24) is 15.2 Å². The maximum absolute atomic E-state index is 12.5. The van der Waals surface area contributed by atoms with Crippen LogP contribution in [0.2, 0.25) is 0 Å². The molecule has 0 spiro atoms. The molecule has 1 saturated heterocycles. The largest absolute Gasteiger partial charge is 0.477 e. The number of rotatable bonds is 4. The summed E-state index contributed by atoms with van der Waals surface area (Å²) in [7, 11) is -4.95. The van der Waals surface area contributed by atoms with E-state index in [2.05, 4.69) is 10.3 Å². The van der Waals surface area contributed by atoms with Crippen molar-refractivity contribution >= 4 is 44.8 Å². The molecule has 13 heteroatoms. The van der Waals surface area contributed by atoms with Crippen LogP contribution in [0.15, 0.2) is 5.70 Å². The first-order chi connectivity index (χ1) is 12.9. The van der Waals surface area contributed by atoms with Crippen LogP contribution in [0.25, 0.3) is 5.57 Å². The summed E-state index contributed by atoms with van der Waals surface area (Å²) in [5.74, 6) is -3.98. The summed E-state index contributed by atoms with van der Waals surface area (Å²) in [6.45, 7) is 2.48. The molecule has 4 heterocycles. The molecule has 0 aliphatic carbocycles. The first kappa shape index (κ1) is 19.0. The number of amides is 2. The fraction of sp³-hybridized carbons (Fsp3) is 0.467. The van der Waals surface area contributed by atoms with Crippen LogP contribution in [0.4, 0.5) is 0 Å². The van der Waals surface area contributed by atoms with Crippen molar-refractivity contribution in [2.75, 3.05) is 0 Å². The molecule has 0 bridgehead atoms. The molecular weight excluding hydrogens is 414 g/mol. The van der Waals surface area contributed by atoms with Crippen molar-refractivity contribution in [1.29, 1.82) is 0 Å². The van der Waals surface area contributed by atoms with E-state index in [1.54, 1.807) is 0 Å². The fourth-order valence-corrected chi connectivity index (χ4v) is 6.36. The molecule has 0 saturated carbocycles. The van der Waals surface area contributed by atoms with Crippen LogP contribution in [0.5, 0.6) is 0 Å². The number of hydrogen-bond acceptors (Lipinski definition) is 8. The molecule has 0 radical (unpaired) electrons. The highest BCUT2D eigenvalue weighted by Crippen LogP contribution is 2.56. The Balaban J connectivity index is 2.01. The van der Waals surface area contributed by atoms with Gasteiger partial charge in [0.2, 0.25) is 5.91 Å². The third-order valence-electron chi connectivity index (χ3n) is 5.47. The predicted molar refractivity (Wildman–Crippen MR) is 93.6 cm³/mol. The van der Waals surface area contributed by atoms with Crippen molar-refractivity contribution in [3.8, 4) is 0 Å². The van der Waals surface area contributed by atoms with E-state index in [0.29, 0.717) is 5.69 Å². The second kappa shape index (κ2) is 5.59. The van der Waals surface area contributed by atoms with Gasteiger partial charge in [0.1, 0.15) is 20.3 Å². The summed E-state index contributed by atoms with van der Waals surface area (Å²) in [6, 6.07) is -1.32. The first-order valence-corrected chi connectivity index (χ1v) is 10.4. The number of thiazole rings is 1. The Morgan fingerprint density at radius 3 is 2.57 bits per heavy atom. The maximum Gasteiger partial charge on any atom is 0.353 e. The minimum Gasteiger partial charge on any atom is -0.477 e. The van der Waals surface area contributed by atoms with Gasteiger partial charge >= 0.3 is 5.97 Å². The first-order valence-electron chi connectivity index (χ1n) is 8.15. The Morgan fingerprint density at radius 1 is 1.43 bits per heavy atom. The highest BCUT2D eigenvalue weighted by atomic mass is 32.2. The molecule has 28 heavy (non-hydrogen) atoms. The minimum absolute atomic E-state index is 0.0797. The lowest BCUT2D eigenvalue weighted by Crippen LogP contribution is -2.69. The van der Waals surface area contributed by atoms with Crippen LogP contribution in [-0.2, 0) is 26.3 Å². The SMILES string of the molecule is C[C@@H](O)C1C(=O)N2C(C(=O)O)=C(c3nc4c(s3)C(=O)NC4)[C@@](C)(S(=O)(=O)O)C12. The van der Waals surface area contributed by atoms with E-state index in [0.717, 1.165) is 23.2 Å². The Labute approximate surface area is 162 Å². The summed E-state index contributed by atoms with van der Waals surface area (Å²) in [5, 5.41) is 22.1. The topological polar surface area (TPSA) is 174 Å². The number of aliphatic hydroxyl groups excluding tert-OH is 1. The Kier molecular flexibility index (Phi) is 3.79. The van der Waals surface area contributed by atoms with Crippen molar-refractivity contribution in [2.24, 2.45) is 5.92 Å². The third kappa shape index (κ3) is 2.12. The van der Waals surface area contributed by atoms with Gasteiger partial charge < -0.3 is 15.5 Å². The number of hydrogen-bond donors (Lipinski definition) is 4. The number of carboxylic acid groups (broad SMARTS) is 1. The summed E-state index contributed by atoms with van der Waals surface area (Å²) < 4.78 is 32.6. The zero-order valence-corrected chi connectivity index (χ0v) is 16.2. The molecule has 0 aromatic carbocycles. The molecule has 1 aromatic rings. The van der Waals surface area contributed by atoms with Crippen molar-refractivity contribution < 1.29 is 37.6 Å². The maximum atomic E-state index is 12.5. The number of aliphatic carboxylic acids is 1. The molecule has 4 N–H and O–H groups in total. The molecule has 2 amide bonds. The lowest BCUT2D eigenvalue weighted by atomic mass is 9.77. The molecule has 11 nitrogen and oxygen atoms in total. The number of nitrogens with one attached hydrogen (secondary N) is 1. The lowest BCUT2D eigenvalue weighted by molar-refractivity contribution is -0.162. The quantitative estimate of drug-likeness (QED) is 0.347. The van der Waals surface area contributed by atoms with E-state index in [4.69, 9.17) is 0 Å². The average molecular weight is 429 g/mol. The van der Waals surface area contributed by atoms with Crippen molar-refractivity contribution in [3.63, 3.8) is 0 Å². The number of carboxylic acids is 1. The van der Waals surface area contributed by atoms with Gasteiger partial charge in [-0.15, -0.1) is 11.3 Å². The number of fused-ring (bicyclic) bond motifs is 2. The Hall–Kier alpha value is -2.35. The van der Waals surface area contributed by atoms with E-state index in [9.17, 15) is 37.6 Å². The predicted octanol–water partition coefficient (Wildman–Crippen LogP) is -0.950. The number of nitrogens with zero attached hydrogens (tertiary/aromatic N) is 2. The van der Waals surface area contributed by atoms with Gasteiger partial charge in [-0.1, -0.05) is 0 Å². The van der Waals surface area contributed by atoms with E-state index < -0.39 is 56.4 Å². The smallest absolute Gasteiger partial charge is 0.353 e. The standard InChI is InChI=1S/C15H15N3O8S2/c1-4(19)6-10-15(2,28(24,25)26)7(8(14(22)23)18(10)13(6)21)12-17-5-3-16-11(20)9(5)27-12/h4,6,10,19H,3H2,1-2H3,(H,16,20)(H,22,23)(H,24,25,26)/t4-,6?,10?,15-/m1/s1. The van der Waals surface area contributed by atoms with Gasteiger partial charge in [-0.3, -0.25) is 19.0 Å². The number of carbonyl (C=O) groups excluding carboxylic acids is 2. The van der Waals surface area contributed by atoms with Crippen LogP contribution < -0.4 is 5.32 Å². The van der Waals surface area contributed by atoms with Gasteiger partial charge in [0.25, 0.3) is 16.0 Å². The Bertz CT molecular complexity index is 1090. The number of carbonyl (C=O) groups is 3. The van der Waals surface area contributed by atoms with E-state index >= 15 is 0 Å². The van der Waals surface area contributed by atoms with Gasteiger partial charge in [-0.05, 0) is 13.8 Å². The lowest BCUT2D eigenvalue weighted by Gasteiger charge is -2.49. The second-order valence-corrected chi connectivity index (χ2v) is 9.81. The summed E-state index contributed by atoms with van der Waals surface area (Å²) in [4.78, 5) is 41.5. The van der Waals surface area contributed by atoms with Gasteiger partial charge in [0, 0.05) is 5.57 Å². The number of β-lactam (4-membered cyclic amide) rings is 1. The van der Waals surface area contributed by atoms with Gasteiger partial charge in [-0.2, -0.15) is 8.42 Å². The molecule has 4 rings (SSSR count). The van der Waals surface area contributed by atoms with E-state index in [1.807, 2.05) is 0 Å². The molecular formula is C15H15N3O8S2. The van der Waals surface area contributed by atoms with E-state index in [1.165, 1.54) is 6.92 Å². The average Bonchev–Trinajstić information content (AvgIpc) is 3.17. The molecule has 1 fully saturated rings. The van der Waals surface area contributed by atoms with Crippen LogP contribution in [0.3, 0.4) is 0 Å². The highest BCUT2D eigenvalue weighted by molar-refractivity contribution is 7.87. The highest BCUT2D eigenvalue weighted by Gasteiger charge is 2.71. The van der Waals surface area contributed by atoms with Gasteiger partial charge in [-0.25, -0.2) is 9.78 Å². The van der Waals surface area contributed by atoms with Crippen molar-refractivity contribution in [3.05, 3.63) is 21.3 Å². The van der Waals surface area contributed by atoms with Crippen LogP contribution in [0.1, 0.15) is 34.2 Å². The fourth-order valence-electron chi connectivity index (χ4n) is 4.13. The van der Waals surface area contributed by atoms with Gasteiger partial charge in [0.15, 0.2) is 0 Å². The summed E-state index contributed by atoms with van der Waals surface area (Å²) in [6.07, 6.45) is -1.27. The molecule has 3 aliphatic heterocycles.